The number of benzene rings is 1. The third kappa shape index (κ3) is 4.68. The summed E-state index contributed by atoms with van der Waals surface area (Å²) in [6.07, 6.45) is 4.87. The van der Waals surface area contributed by atoms with E-state index in [0.29, 0.717) is 10.8 Å². The highest BCUT2D eigenvalue weighted by Gasteiger charge is 2.00. The maximum Gasteiger partial charge on any atom is 0.324 e. The molecule has 2 rings (SSSR count). The van der Waals surface area contributed by atoms with Crippen molar-refractivity contribution in [3.05, 3.63) is 63.9 Å². The van der Waals surface area contributed by atoms with Gasteiger partial charge in [-0.15, -0.1) is 0 Å². The number of carbonyl (C=O) groups excluding carboxylic acids is 1. The molecule has 0 bridgehead atoms. The lowest BCUT2D eigenvalue weighted by Crippen LogP contribution is -2.24. The summed E-state index contributed by atoms with van der Waals surface area (Å²) in [5.74, 6) is 0.395. The quantitative estimate of drug-likeness (QED) is 0.866. The molecule has 2 amide bonds. The highest BCUT2D eigenvalue weighted by atomic mass is 79.9. The number of nitrogens with one attached hydrogen (secondary N) is 2. The fraction of sp³-hybridized carbons (Fsp3) is 0. The van der Waals surface area contributed by atoms with Crippen LogP contribution >= 0.6 is 27.5 Å². The number of aromatic nitrogens is 1. The topological polar surface area (TPSA) is 54.0 Å². The van der Waals surface area contributed by atoms with Gasteiger partial charge in [0.05, 0.1) is 0 Å². The van der Waals surface area contributed by atoms with Gasteiger partial charge in [0.25, 0.3) is 0 Å². The van der Waals surface area contributed by atoms with E-state index in [0.717, 1.165) is 10.0 Å². The molecule has 0 fully saturated rings. The predicted molar refractivity (Wildman–Crippen MR) is 84.6 cm³/mol. The van der Waals surface area contributed by atoms with E-state index in [9.17, 15) is 4.79 Å². The maximum absolute atomic E-state index is 11.6. The molecule has 4 nitrogen and oxygen atoms in total. The second-order valence-electron chi connectivity index (χ2n) is 3.84. The third-order valence-electron chi connectivity index (χ3n) is 2.32. The summed E-state index contributed by atoms with van der Waals surface area (Å²) in [6.45, 7) is 0. The van der Waals surface area contributed by atoms with Crippen LogP contribution < -0.4 is 10.6 Å². The number of rotatable bonds is 3. The SMILES string of the molecule is O=C(N/C=C/c1ccc(Br)cc1)Nc1cc(Cl)ccn1. The molecule has 0 unspecified atom stereocenters. The third-order valence-corrected chi connectivity index (χ3v) is 3.09. The van der Waals surface area contributed by atoms with E-state index in [1.54, 1.807) is 24.4 Å². The molecule has 20 heavy (non-hydrogen) atoms. The summed E-state index contributed by atoms with van der Waals surface area (Å²) in [5.41, 5.74) is 0.981. The Bertz CT molecular complexity index is 629. The van der Waals surface area contributed by atoms with Crippen molar-refractivity contribution in [2.24, 2.45) is 0 Å². The van der Waals surface area contributed by atoms with Gasteiger partial charge >= 0.3 is 6.03 Å². The van der Waals surface area contributed by atoms with Gasteiger partial charge in [0, 0.05) is 21.9 Å². The van der Waals surface area contributed by atoms with Crippen LogP contribution in [0.2, 0.25) is 5.02 Å². The van der Waals surface area contributed by atoms with Crippen LogP contribution in [0.15, 0.2) is 53.3 Å². The average Bonchev–Trinajstić information content (AvgIpc) is 2.41. The summed E-state index contributed by atoms with van der Waals surface area (Å²) < 4.78 is 1.01. The van der Waals surface area contributed by atoms with Crippen molar-refractivity contribution in [1.82, 2.24) is 10.3 Å². The van der Waals surface area contributed by atoms with Crippen LogP contribution in [0, 0.1) is 0 Å². The first-order valence-corrected chi connectivity index (χ1v) is 6.92. The molecule has 2 aromatic rings. The molecule has 2 N–H and O–H groups in total. The number of nitrogens with zero attached hydrogens (tertiary/aromatic N) is 1. The fourth-order valence-electron chi connectivity index (χ4n) is 1.41. The largest absolute Gasteiger partial charge is 0.324 e. The predicted octanol–water partition coefficient (Wildman–Crippen LogP) is 4.29. The van der Waals surface area contributed by atoms with E-state index in [2.05, 4.69) is 31.5 Å². The number of halogens is 2. The lowest BCUT2D eigenvalue weighted by molar-refractivity contribution is 0.255. The van der Waals surface area contributed by atoms with Crippen molar-refractivity contribution in [2.75, 3.05) is 5.32 Å². The van der Waals surface area contributed by atoms with E-state index in [1.165, 1.54) is 6.20 Å². The van der Waals surface area contributed by atoms with Gasteiger partial charge in [-0.2, -0.15) is 0 Å². The Hall–Kier alpha value is -1.85. The van der Waals surface area contributed by atoms with Gasteiger partial charge in [-0.3, -0.25) is 5.32 Å². The van der Waals surface area contributed by atoms with Crippen LogP contribution in [0.1, 0.15) is 5.56 Å². The number of hydrogen-bond acceptors (Lipinski definition) is 2. The minimum Gasteiger partial charge on any atom is -0.314 e. The summed E-state index contributed by atoms with van der Waals surface area (Å²) >= 11 is 9.15. The molecule has 1 aromatic carbocycles. The van der Waals surface area contributed by atoms with Crippen LogP contribution in [0.4, 0.5) is 10.6 Å². The van der Waals surface area contributed by atoms with Crippen LogP contribution in [-0.2, 0) is 0 Å². The van der Waals surface area contributed by atoms with Crippen molar-refractivity contribution in [2.45, 2.75) is 0 Å². The van der Waals surface area contributed by atoms with Gasteiger partial charge < -0.3 is 5.32 Å². The molecule has 0 aliphatic rings. The molecule has 0 radical (unpaired) electrons. The van der Waals surface area contributed by atoms with Gasteiger partial charge in [0.15, 0.2) is 0 Å². The summed E-state index contributed by atoms with van der Waals surface area (Å²) in [4.78, 5) is 15.6. The molecule has 0 atom stereocenters. The Balaban J connectivity index is 1.87. The molecule has 0 aliphatic heterocycles. The summed E-state index contributed by atoms with van der Waals surface area (Å²) in [7, 11) is 0. The van der Waals surface area contributed by atoms with Crippen LogP contribution in [0.25, 0.3) is 6.08 Å². The second-order valence-corrected chi connectivity index (χ2v) is 5.19. The molecule has 0 saturated heterocycles. The number of anilines is 1. The second kappa shape index (κ2) is 7.07. The van der Waals surface area contributed by atoms with Crippen molar-refractivity contribution in [1.29, 1.82) is 0 Å². The zero-order chi connectivity index (χ0) is 14.4. The summed E-state index contributed by atoms with van der Waals surface area (Å²) in [5, 5.41) is 5.68. The molecule has 1 aromatic heterocycles. The smallest absolute Gasteiger partial charge is 0.314 e. The van der Waals surface area contributed by atoms with Gasteiger partial charge in [0.1, 0.15) is 5.82 Å². The van der Waals surface area contributed by atoms with E-state index >= 15 is 0 Å². The first kappa shape index (κ1) is 14.6. The number of pyridine rings is 1. The van der Waals surface area contributed by atoms with E-state index in [-0.39, 0.29) is 6.03 Å². The van der Waals surface area contributed by atoms with E-state index in [4.69, 9.17) is 11.6 Å². The molecule has 6 heteroatoms. The lowest BCUT2D eigenvalue weighted by Gasteiger charge is -2.03. The molecular weight excluding hydrogens is 342 g/mol. The molecule has 0 saturated carbocycles. The lowest BCUT2D eigenvalue weighted by atomic mass is 10.2. The highest BCUT2D eigenvalue weighted by Crippen LogP contribution is 2.12. The Labute approximate surface area is 130 Å². The summed E-state index contributed by atoms with van der Waals surface area (Å²) in [6, 6.07) is 10.5. The highest BCUT2D eigenvalue weighted by molar-refractivity contribution is 9.10. The zero-order valence-electron chi connectivity index (χ0n) is 10.3. The Morgan fingerprint density at radius 3 is 2.70 bits per heavy atom. The van der Waals surface area contributed by atoms with E-state index < -0.39 is 0 Å². The zero-order valence-corrected chi connectivity index (χ0v) is 12.6. The Morgan fingerprint density at radius 1 is 1.25 bits per heavy atom. The minimum atomic E-state index is -0.381. The fourth-order valence-corrected chi connectivity index (χ4v) is 1.84. The molecule has 1 heterocycles. The number of hydrogen-bond donors (Lipinski definition) is 2. The van der Waals surface area contributed by atoms with Crippen molar-refractivity contribution in [3.8, 4) is 0 Å². The standard InChI is InChI=1S/C14H11BrClN3O/c15-11-3-1-10(2-4-11)5-7-18-14(20)19-13-9-12(16)6-8-17-13/h1-9H,(H2,17,18,19,20)/b7-5+. The molecule has 102 valence electrons. The first-order chi connectivity index (χ1) is 9.63. The minimum absolute atomic E-state index is 0.381. The number of carbonyl (C=O) groups is 1. The number of urea groups is 1. The van der Waals surface area contributed by atoms with Gasteiger partial charge in [-0.25, -0.2) is 9.78 Å². The average molecular weight is 353 g/mol. The van der Waals surface area contributed by atoms with Gasteiger partial charge in [-0.05, 0) is 35.9 Å². The van der Waals surface area contributed by atoms with Crippen molar-refractivity contribution >= 4 is 45.5 Å². The van der Waals surface area contributed by atoms with Crippen molar-refractivity contribution < 1.29 is 4.79 Å². The van der Waals surface area contributed by atoms with Crippen LogP contribution in [0.3, 0.4) is 0 Å². The first-order valence-electron chi connectivity index (χ1n) is 5.75. The monoisotopic (exact) mass is 351 g/mol. The van der Waals surface area contributed by atoms with Gasteiger partial charge in [0.2, 0.25) is 0 Å². The van der Waals surface area contributed by atoms with Crippen LogP contribution in [-0.4, -0.2) is 11.0 Å². The molecule has 0 spiro atoms. The van der Waals surface area contributed by atoms with Gasteiger partial charge in [-0.1, -0.05) is 39.7 Å². The number of amides is 2. The normalized spacial score (nSPS) is 10.5. The maximum atomic E-state index is 11.6. The molecule has 0 aliphatic carbocycles. The van der Waals surface area contributed by atoms with E-state index in [1.807, 2.05) is 24.3 Å². The molecular formula is C14H11BrClN3O. The van der Waals surface area contributed by atoms with Crippen LogP contribution in [0.5, 0.6) is 0 Å². The Kier molecular flexibility index (Phi) is 5.15. The van der Waals surface area contributed by atoms with Crippen molar-refractivity contribution in [3.63, 3.8) is 0 Å². The Morgan fingerprint density at radius 2 is 2.00 bits per heavy atom.